The molecule has 0 unspecified atom stereocenters. The first-order valence-electron chi connectivity index (χ1n) is 5.85. The normalized spacial score (nSPS) is 10.9. The highest BCUT2D eigenvalue weighted by Gasteiger charge is 2.06. The van der Waals surface area contributed by atoms with Crippen molar-refractivity contribution in [2.24, 2.45) is 0 Å². The van der Waals surface area contributed by atoms with Crippen molar-refractivity contribution < 1.29 is 14.3 Å². The van der Waals surface area contributed by atoms with Crippen LogP contribution in [-0.4, -0.2) is 25.0 Å². The molecule has 0 aliphatic heterocycles. The van der Waals surface area contributed by atoms with Crippen molar-refractivity contribution in [3.8, 4) is 11.6 Å². The summed E-state index contributed by atoms with van der Waals surface area (Å²) in [5.41, 5.74) is 1.56. The Labute approximate surface area is 111 Å². The lowest BCUT2D eigenvalue weighted by molar-refractivity contribution is -0.112. The first kappa shape index (κ1) is 13.1. The third-order valence-corrected chi connectivity index (χ3v) is 2.71. The molecular formula is C15H15NO3. The van der Waals surface area contributed by atoms with Crippen LogP contribution >= 0.6 is 0 Å². The Morgan fingerprint density at radius 1 is 1.21 bits per heavy atom. The third kappa shape index (κ3) is 2.91. The van der Waals surface area contributed by atoms with Gasteiger partial charge < -0.3 is 9.47 Å². The fourth-order valence-corrected chi connectivity index (χ4v) is 1.76. The van der Waals surface area contributed by atoms with Gasteiger partial charge in [0.25, 0.3) is 0 Å². The Hall–Kier alpha value is -2.36. The molecule has 1 aromatic carbocycles. The molecule has 0 amide bonds. The lowest BCUT2D eigenvalue weighted by Gasteiger charge is -2.07. The summed E-state index contributed by atoms with van der Waals surface area (Å²) in [6.07, 6.45) is 3.20. The monoisotopic (exact) mass is 257 g/mol. The number of fused-ring (bicyclic) bond motifs is 1. The largest absolute Gasteiger partial charge is 0.497 e. The molecule has 0 fully saturated rings. The summed E-state index contributed by atoms with van der Waals surface area (Å²) in [4.78, 5) is 15.4. The van der Waals surface area contributed by atoms with Gasteiger partial charge in [0, 0.05) is 17.0 Å². The SMILES string of the molecule is COc1ccc2cc(C=CC(C)=O)c(OC)nc2c1. The Morgan fingerprint density at radius 3 is 2.63 bits per heavy atom. The minimum absolute atomic E-state index is 0.0168. The summed E-state index contributed by atoms with van der Waals surface area (Å²) in [5.74, 6) is 1.21. The fourth-order valence-electron chi connectivity index (χ4n) is 1.76. The van der Waals surface area contributed by atoms with Gasteiger partial charge in [-0.05, 0) is 37.3 Å². The zero-order valence-corrected chi connectivity index (χ0v) is 11.1. The smallest absolute Gasteiger partial charge is 0.221 e. The van der Waals surface area contributed by atoms with Gasteiger partial charge in [0.1, 0.15) is 5.75 Å². The first-order valence-corrected chi connectivity index (χ1v) is 5.85. The quantitative estimate of drug-likeness (QED) is 0.790. The van der Waals surface area contributed by atoms with E-state index < -0.39 is 0 Å². The maximum absolute atomic E-state index is 11.0. The van der Waals surface area contributed by atoms with Crippen molar-refractivity contribution in [3.05, 3.63) is 35.9 Å². The van der Waals surface area contributed by atoms with E-state index in [2.05, 4.69) is 4.98 Å². The van der Waals surface area contributed by atoms with Gasteiger partial charge in [0.05, 0.1) is 19.7 Å². The summed E-state index contributed by atoms with van der Waals surface area (Å²) in [6, 6.07) is 7.57. The summed E-state index contributed by atoms with van der Waals surface area (Å²) in [5, 5.41) is 0.963. The third-order valence-electron chi connectivity index (χ3n) is 2.71. The molecule has 0 aliphatic carbocycles. The predicted molar refractivity (Wildman–Crippen MR) is 74.6 cm³/mol. The molecule has 4 nitrogen and oxygen atoms in total. The van der Waals surface area contributed by atoms with Crippen LogP contribution in [0.2, 0.25) is 0 Å². The van der Waals surface area contributed by atoms with E-state index in [0.29, 0.717) is 5.88 Å². The molecule has 0 spiro atoms. The van der Waals surface area contributed by atoms with E-state index in [-0.39, 0.29) is 5.78 Å². The van der Waals surface area contributed by atoms with Crippen molar-refractivity contribution in [1.29, 1.82) is 0 Å². The maximum atomic E-state index is 11.0. The molecule has 0 atom stereocenters. The number of hydrogen-bond acceptors (Lipinski definition) is 4. The van der Waals surface area contributed by atoms with Crippen LogP contribution in [-0.2, 0) is 4.79 Å². The number of ketones is 1. The Balaban J connectivity index is 2.56. The first-order chi connectivity index (χ1) is 9.13. The number of ether oxygens (including phenoxy) is 2. The van der Waals surface area contributed by atoms with E-state index in [4.69, 9.17) is 9.47 Å². The van der Waals surface area contributed by atoms with Crippen LogP contribution in [0.5, 0.6) is 11.6 Å². The Morgan fingerprint density at radius 2 is 2.00 bits per heavy atom. The minimum Gasteiger partial charge on any atom is -0.497 e. The number of aromatic nitrogens is 1. The van der Waals surface area contributed by atoms with Crippen molar-refractivity contribution in [2.45, 2.75) is 6.92 Å². The summed E-state index contributed by atoms with van der Waals surface area (Å²) in [7, 11) is 3.17. The number of hydrogen-bond donors (Lipinski definition) is 0. The van der Waals surface area contributed by atoms with Gasteiger partial charge in [-0.2, -0.15) is 0 Å². The van der Waals surface area contributed by atoms with E-state index in [1.807, 2.05) is 24.3 Å². The second kappa shape index (κ2) is 5.52. The second-order valence-electron chi connectivity index (χ2n) is 4.09. The second-order valence-corrected chi connectivity index (χ2v) is 4.09. The summed E-state index contributed by atoms with van der Waals surface area (Å²) < 4.78 is 10.4. The van der Waals surface area contributed by atoms with Gasteiger partial charge in [-0.1, -0.05) is 0 Å². The van der Waals surface area contributed by atoms with Crippen LogP contribution in [0.3, 0.4) is 0 Å². The lowest BCUT2D eigenvalue weighted by atomic mass is 10.1. The number of rotatable bonds is 4. The number of pyridine rings is 1. The van der Waals surface area contributed by atoms with Crippen molar-refractivity contribution >= 4 is 22.8 Å². The minimum atomic E-state index is -0.0168. The highest BCUT2D eigenvalue weighted by atomic mass is 16.5. The highest BCUT2D eigenvalue weighted by Crippen LogP contribution is 2.26. The molecule has 2 aromatic rings. The average molecular weight is 257 g/mol. The zero-order chi connectivity index (χ0) is 13.8. The van der Waals surface area contributed by atoms with Gasteiger partial charge in [-0.3, -0.25) is 4.79 Å². The molecule has 0 aliphatic rings. The van der Waals surface area contributed by atoms with Gasteiger partial charge >= 0.3 is 0 Å². The predicted octanol–water partition coefficient (Wildman–Crippen LogP) is 2.85. The Kier molecular flexibility index (Phi) is 3.80. The fraction of sp³-hybridized carbons (Fsp3) is 0.200. The number of carbonyl (C=O) groups excluding carboxylic acids is 1. The zero-order valence-electron chi connectivity index (χ0n) is 11.1. The van der Waals surface area contributed by atoms with Crippen molar-refractivity contribution in [1.82, 2.24) is 4.98 Å². The summed E-state index contributed by atoms with van der Waals surface area (Å²) in [6.45, 7) is 1.50. The number of methoxy groups -OCH3 is 2. The van der Waals surface area contributed by atoms with Crippen LogP contribution in [0.25, 0.3) is 17.0 Å². The molecule has 0 N–H and O–H groups in total. The number of carbonyl (C=O) groups is 1. The van der Waals surface area contributed by atoms with Gasteiger partial charge in [-0.15, -0.1) is 0 Å². The van der Waals surface area contributed by atoms with E-state index in [1.165, 1.54) is 13.0 Å². The molecule has 1 heterocycles. The lowest BCUT2D eigenvalue weighted by Crippen LogP contribution is -1.93. The van der Waals surface area contributed by atoms with Gasteiger partial charge in [0.2, 0.25) is 5.88 Å². The standard InChI is InChI=1S/C15H15NO3/c1-10(17)4-5-12-8-11-6-7-13(18-2)9-14(11)16-15(12)19-3/h4-9H,1-3H3. The van der Waals surface area contributed by atoms with Crippen molar-refractivity contribution in [3.63, 3.8) is 0 Å². The molecule has 1 aromatic heterocycles. The molecule has 0 saturated carbocycles. The summed E-state index contributed by atoms with van der Waals surface area (Å²) >= 11 is 0. The van der Waals surface area contributed by atoms with E-state index in [1.54, 1.807) is 20.3 Å². The molecular weight excluding hydrogens is 242 g/mol. The van der Waals surface area contributed by atoms with Crippen LogP contribution in [0.15, 0.2) is 30.3 Å². The van der Waals surface area contributed by atoms with Crippen molar-refractivity contribution in [2.75, 3.05) is 14.2 Å². The highest BCUT2D eigenvalue weighted by molar-refractivity contribution is 5.93. The topological polar surface area (TPSA) is 48.4 Å². The van der Waals surface area contributed by atoms with Gasteiger partial charge in [-0.25, -0.2) is 4.98 Å². The number of allylic oxidation sites excluding steroid dienone is 1. The van der Waals surface area contributed by atoms with Crippen LogP contribution in [0, 0.1) is 0 Å². The molecule has 19 heavy (non-hydrogen) atoms. The van der Waals surface area contributed by atoms with E-state index in [9.17, 15) is 4.79 Å². The molecule has 0 bridgehead atoms. The molecule has 4 heteroatoms. The van der Waals surface area contributed by atoms with Crippen LogP contribution in [0.1, 0.15) is 12.5 Å². The number of nitrogens with zero attached hydrogens (tertiary/aromatic N) is 1. The van der Waals surface area contributed by atoms with Crippen LogP contribution in [0.4, 0.5) is 0 Å². The average Bonchev–Trinajstić information content (AvgIpc) is 2.43. The maximum Gasteiger partial charge on any atom is 0.221 e. The van der Waals surface area contributed by atoms with E-state index >= 15 is 0 Å². The molecule has 2 rings (SSSR count). The molecule has 98 valence electrons. The molecule has 0 saturated heterocycles. The number of benzene rings is 1. The van der Waals surface area contributed by atoms with E-state index in [0.717, 1.165) is 22.2 Å². The van der Waals surface area contributed by atoms with Gasteiger partial charge in [0.15, 0.2) is 5.78 Å². The Bertz CT molecular complexity index is 647. The van der Waals surface area contributed by atoms with Crippen LogP contribution < -0.4 is 9.47 Å². The molecule has 0 radical (unpaired) electrons.